The zero-order valence-corrected chi connectivity index (χ0v) is 9.83. The molecule has 1 heterocycles. The number of phenolic OH excluding ortho intramolecular Hbond substituents is 1. The number of hydrogen-bond acceptors (Lipinski definition) is 4. The molecular weight excluding hydrogens is 244 g/mol. The lowest BCUT2D eigenvalue weighted by Gasteiger charge is -2.03. The van der Waals surface area contributed by atoms with Crippen LogP contribution in [0.3, 0.4) is 0 Å². The molecule has 0 spiro atoms. The van der Waals surface area contributed by atoms with Crippen molar-refractivity contribution < 1.29 is 14.3 Å². The third-order valence-corrected chi connectivity index (χ3v) is 2.75. The van der Waals surface area contributed by atoms with Crippen molar-refractivity contribution >= 4 is 23.2 Å². The number of hydrogen-bond donors (Lipinski definition) is 2. The van der Waals surface area contributed by atoms with E-state index in [-0.39, 0.29) is 5.75 Å². The van der Waals surface area contributed by atoms with Crippen molar-refractivity contribution in [3.63, 3.8) is 0 Å². The molecule has 19 heavy (non-hydrogen) atoms. The summed E-state index contributed by atoms with van der Waals surface area (Å²) in [6, 6.07) is 12.0. The maximum absolute atomic E-state index is 10.4. The molecule has 5 nitrogen and oxygen atoms in total. The molecule has 0 aliphatic rings. The summed E-state index contributed by atoms with van der Waals surface area (Å²) >= 11 is 0. The Bertz CT molecular complexity index is 716. The summed E-state index contributed by atoms with van der Waals surface area (Å²) in [6.45, 7) is 0. The van der Waals surface area contributed by atoms with Gasteiger partial charge < -0.3 is 14.8 Å². The number of carbonyl (C=O) groups is 1. The van der Waals surface area contributed by atoms with Gasteiger partial charge in [0, 0.05) is 5.69 Å². The number of nitrogens with zero attached hydrogens (tertiary/aromatic N) is 1. The van der Waals surface area contributed by atoms with Gasteiger partial charge in [0.2, 0.25) is 12.3 Å². The Morgan fingerprint density at radius 3 is 2.84 bits per heavy atom. The largest absolute Gasteiger partial charge is 0.507 e. The fraction of sp³-hybridized carbons (Fsp3) is 0. The summed E-state index contributed by atoms with van der Waals surface area (Å²) < 4.78 is 5.58. The monoisotopic (exact) mass is 254 g/mol. The average molecular weight is 254 g/mol. The standard InChI is InChI=1S/C14H10N2O3/c17-8-15-9-5-6-12(18)10(7-9)14-16-11-3-1-2-4-13(11)19-14/h1-8,18H,(H,15,17). The SMILES string of the molecule is O=CNc1ccc(O)c(-c2nc3ccccc3o2)c1. The number of rotatable bonds is 3. The summed E-state index contributed by atoms with van der Waals surface area (Å²) in [5.74, 6) is 0.358. The first-order chi connectivity index (χ1) is 9.28. The van der Waals surface area contributed by atoms with Crippen LogP contribution in [0, 0.1) is 0 Å². The van der Waals surface area contributed by atoms with Gasteiger partial charge in [-0.15, -0.1) is 0 Å². The van der Waals surface area contributed by atoms with E-state index in [9.17, 15) is 9.90 Å². The Morgan fingerprint density at radius 1 is 1.21 bits per heavy atom. The van der Waals surface area contributed by atoms with Crippen molar-refractivity contribution in [2.75, 3.05) is 5.32 Å². The van der Waals surface area contributed by atoms with Crippen LogP contribution in [-0.2, 0) is 4.79 Å². The molecule has 2 aromatic carbocycles. The van der Waals surface area contributed by atoms with Crippen LogP contribution in [0.1, 0.15) is 0 Å². The van der Waals surface area contributed by atoms with Gasteiger partial charge >= 0.3 is 0 Å². The summed E-state index contributed by atoms with van der Waals surface area (Å²) in [5, 5.41) is 12.4. The highest BCUT2D eigenvalue weighted by Gasteiger charge is 2.12. The maximum atomic E-state index is 10.4. The highest BCUT2D eigenvalue weighted by Crippen LogP contribution is 2.32. The van der Waals surface area contributed by atoms with Crippen molar-refractivity contribution in [3.8, 4) is 17.2 Å². The Morgan fingerprint density at radius 2 is 2.05 bits per heavy atom. The smallest absolute Gasteiger partial charge is 0.231 e. The van der Waals surface area contributed by atoms with Gasteiger partial charge in [0.05, 0.1) is 5.56 Å². The van der Waals surface area contributed by atoms with Gasteiger partial charge in [0.25, 0.3) is 0 Å². The second-order valence-electron chi connectivity index (χ2n) is 3.98. The number of anilines is 1. The molecule has 0 radical (unpaired) electrons. The summed E-state index contributed by atoms with van der Waals surface area (Å²) in [6.07, 6.45) is 0.572. The molecule has 2 N–H and O–H groups in total. The van der Waals surface area contributed by atoms with Crippen LogP contribution in [0.15, 0.2) is 46.9 Å². The maximum Gasteiger partial charge on any atom is 0.231 e. The first kappa shape index (κ1) is 11.3. The highest BCUT2D eigenvalue weighted by molar-refractivity contribution is 5.80. The van der Waals surface area contributed by atoms with Crippen molar-refractivity contribution in [1.82, 2.24) is 4.98 Å². The highest BCUT2D eigenvalue weighted by atomic mass is 16.3. The van der Waals surface area contributed by atoms with Crippen molar-refractivity contribution in [1.29, 1.82) is 0 Å². The topological polar surface area (TPSA) is 75.4 Å². The molecule has 0 atom stereocenters. The number of aromatic nitrogens is 1. The van der Waals surface area contributed by atoms with E-state index in [4.69, 9.17) is 4.42 Å². The lowest BCUT2D eigenvalue weighted by atomic mass is 10.2. The molecule has 0 saturated carbocycles. The molecule has 94 valence electrons. The van der Waals surface area contributed by atoms with E-state index in [1.165, 1.54) is 6.07 Å². The predicted molar refractivity (Wildman–Crippen MR) is 70.8 cm³/mol. The second kappa shape index (κ2) is 4.45. The van der Waals surface area contributed by atoms with E-state index >= 15 is 0 Å². The summed E-state index contributed by atoms with van der Waals surface area (Å²) in [7, 11) is 0. The van der Waals surface area contributed by atoms with Crippen LogP contribution in [0.4, 0.5) is 5.69 Å². The second-order valence-corrected chi connectivity index (χ2v) is 3.98. The van der Waals surface area contributed by atoms with E-state index in [1.54, 1.807) is 18.2 Å². The number of fused-ring (bicyclic) bond motifs is 1. The van der Waals surface area contributed by atoms with Crippen LogP contribution < -0.4 is 5.32 Å². The Balaban J connectivity index is 2.14. The van der Waals surface area contributed by atoms with E-state index in [1.807, 2.05) is 18.2 Å². The zero-order chi connectivity index (χ0) is 13.2. The van der Waals surface area contributed by atoms with Gasteiger partial charge in [-0.2, -0.15) is 0 Å². The molecule has 0 bridgehead atoms. The minimum absolute atomic E-state index is 0.0444. The van der Waals surface area contributed by atoms with E-state index in [0.29, 0.717) is 34.7 Å². The van der Waals surface area contributed by atoms with Crippen molar-refractivity contribution in [2.24, 2.45) is 0 Å². The number of amides is 1. The normalized spacial score (nSPS) is 10.5. The quantitative estimate of drug-likeness (QED) is 0.556. The third-order valence-electron chi connectivity index (χ3n) is 2.75. The van der Waals surface area contributed by atoms with Gasteiger partial charge in [0.15, 0.2) is 5.58 Å². The van der Waals surface area contributed by atoms with E-state index in [0.717, 1.165) is 0 Å². The number of benzene rings is 2. The third kappa shape index (κ3) is 2.01. The fourth-order valence-electron chi connectivity index (χ4n) is 1.85. The Labute approximate surface area is 108 Å². The minimum Gasteiger partial charge on any atom is -0.507 e. The van der Waals surface area contributed by atoms with Crippen LogP contribution in [-0.4, -0.2) is 16.5 Å². The molecule has 3 aromatic rings. The van der Waals surface area contributed by atoms with Gasteiger partial charge in [-0.3, -0.25) is 4.79 Å². The minimum atomic E-state index is 0.0444. The van der Waals surface area contributed by atoms with E-state index in [2.05, 4.69) is 10.3 Å². The number of carbonyl (C=O) groups excluding carboxylic acids is 1. The first-order valence-corrected chi connectivity index (χ1v) is 5.67. The molecule has 3 rings (SSSR count). The molecule has 0 unspecified atom stereocenters. The molecule has 5 heteroatoms. The summed E-state index contributed by atoms with van der Waals surface area (Å²) in [4.78, 5) is 14.7. The summed E-state index contributed by atoms with van der Waals surface area (Å²) in [5.41, 5.74) is 2.35. The Kier molecular flexibility index (Phi) is 2.64. The van der Waals surface area contributed by atoms with E-state index < -0.39 is 0 Å². The molecule has 1 aromatic heterocycles. The van der Waals surface area contributed by atoms with Crippen LogP contribution in [0.25, 0.3) is 22.6 Å². The first-order valence-electron chi connectivity index (χ1n) is 5.67. The Hall–Kier alpha value is -2.82. The number of aromatic hydroxyl groups is 1. The number of nitrogens with one attached hydrogen (secondary N) is 1. The molecule has 0 fully saturated rings. The predicted octanol–water partition coefficient (Wildman–Crippen LogP) is 2.77. The van der Waals surface area contributed by atoms with Gasteiger partial charge in [-0.05, 0) is 30.3 Å². The average Bonchev–Trinajstić information content (AvgIpc) is 2.85. The van der Waals surface area contributed by atoms with Crippen molar-refractivity contribution in [2.45, 2.75) is 0 Å². The molecule has 0 aliphatic carbocycles. The lowest BCUT2D eigenvalue weighted by Crippen LogP contribution is -1.93. The van der Waals surface area contributed by atoms with Gasteiger partial charge in [-0.25, -0.2) is 4.98 Å². The lowest BCUT2D eigenvalue weighted by molar-refractivity contribution is -0.105. The number of phenols is 1. The molecule has 0 aliphatic heterocycles. The zero-order valence-electron chi connectivity index (χ0n) is 9.83. The van der Waals surface area contributed by atoms with Gasteiger partial charge in [0.1, 0.15) is 11.3 Å². The van der Waals surface area contributed by atoms with Crippen LogP contribution >= 0.6 is 0 Å². The number of para-hydroxylation sites is 2. The fourth-order valence-corrected chi connectivity index (χ4v) is 1.85. The van der Waals surface area contributed by atoms with Crippen LogP contribution in [0.5, 0.6) is 5.75 Å². The molecular formula is C14H10N2O3. The van der Waals surface area contributed by atoms with Crippen LogP contribution in [0.2, 0.25) is 0 Å². The molecule has 0 saturated heterocycles. The van der Waals surface area contributed by atoms with Gasteiger partial charge in [-0.1, -0.05) is 12.1 Å². The van der Waals surface area contributed by atoms with Crippen molar-refractivity contribution in [3.05, 3.63) is 42.5 Å². The molecule has 1 amide bonds. The number of oxazole rings is 1.